The van der Waals surface area contributed by atoms with Crippen LogP contribution in [0.1, 0.15) is 17.7 Å². The van der Waals surface area contributed by atoms with E-state index in [2.05, 4.69) is 20.0 Å². The van der Waals surface area contributed by atoms with E-state index in [0.29, 0.717) is 25.3 Å². The normalized spacial score (nSPS) is 10.2. The molecule has 0 radical (unpaired) electrons. The first-order valence-corrected chi connectivity index (χ1v) is 7.33. The number of aryl methyl sites for hydroxylation is 1. The Morgan fingerprint density at radius 1 is 1.43 bits per heavy atom. The van der Waals surface area contributed by atoms with Gasteiger partial charge >= 0.3 is 5.97 Å². The SMILES string of the molecule is COC(=O)CCc1csc(NCc2ccnc(OC)c2)n1. The molecule has 2 aromatic heterocycles. The molecule has 0 aromatic carbocycles. The van der Waals surface area contributed by atoms with Gasteiger partial charge in [-0.25, -0.2) is 9.97 Å². The molecule has 0 amide bonds. The number of hydrogen-bond donors (Lipinski definition) is 1. The molecule has 2 heterocycles. The van der Waals surface area contributed by atoms with Gasteiger partial charge in [-0.3, -0.25) is 4.79 Å². The van der Waals surface area contributed by atoms with Crippen LogP contribution >= 0.6 is 11.3 Å². The summed E-state index contributed by atoms with van der Waals surface area (Å²) in [4.78, 5) is 19.6. The number of carbonyl (C=O) groups excluding carboxylic acids is 1. The summed E-state index contributed by atoms with van der Waals surface area (Å²) in [5.41, 5.74) is 1.95. The van der Waals surface area contributed by atoms with Gasteiger partial charge in [0.2, 0.25) is 5.88 Å². The quantitative estimate of drug-likeness (QED) is 0.791. The van der Waals surface area contributed by atoms with Gasteiger partial charge in [0.25, 0.3) is 0 Å². The van der Waals surface area contributed by atoms with Gasteiger partial charge in [-0.1, -0.05) is 0 Å². The van der Waals surface area contributed by atoms with Crippen LogP contribution in [0.25, 0.3) is 0 Å². The van der Waals surface area contributed by atoms with Crippen molar-refractivity contribution in [2.45, 2.75) is 19.4 Å². The highest BCUT2D eigenvalue weighted by molar-refractivity contribution is 7.13. The summed E-state index contributed by atoms with van der Waals surface area (Å²) in [5, 5.41) is 6.01. The Hall–Kier alpha value is -2.15. The van der Waals surface area contributed by atoms with Crippen LogP contribution in [-0.2, 0) is 22.5 Å². The van der Waals surface area contributed by atoms with Crippen LogP contribution in [0.4, 0.5) is 5.13 Å². The number of anilines is 1. The van der Waals surface area contributed by atoms with Gasteiger partial charge in [0.05, 0.1) is 26.3 Å². The number of nitrogens with zero attached hydrogens (tertiary/aromatic N) is 2. The highest BCUT2D eigenvalue weighted by atomic mass is 32.1. The fraction of sp³-hybridized carbons (Fsp3) is 0.357. The Balaban J connectivity index is 1.86. The topological polar surface area (TPSA) is 73.3 Å². The van der Waals surface area contributed by atoms with Crippen molar-refractivity contribution in [2.24, 2.45) is 0 Å². The summed E-state index contributed by atoms with van der Waals surface area (Å²) < 4.78 is 9.69. The molecular weight excluding hydrogens is 290 g/mol. The smallest absolute Gasteiger partial charge is 0.305 e. The summed E-state index contributed by atoms with van der Waals surface area (Å²) in [6.45, 7) is 0.642. The summed E-state index contributed by atoms with van der Waals surface area (Å²) in [7, 11) is 2.98. The van der Waals surface area contributed by atoms with Crippen molar-refractivity contribution < 1.29 is 14.3 Å². The average Bonchev–Trinajstić information content (AvgIpc) is 2.98. The van der Waals surface area contributed by atoms with Crippen molar-refractivity contribution in [1.82, 2.24) is 9.97 Å². The Labute approximate surface area is 127 Å². The molecule has 0 atom stereocenters. The molecule has 0 saturated heterocycles. The first kappa shape index (κ1) is 15.2. The van der Waals surface area contributed by atoms with Crippen LogP contribution in [0.2, 0.25) is 0 Å². The molecule has 0 bridgehead atoms. The number of hydrogen-bond acceptors (Lipinski definition) is 7. The molecule has 0 aliphatic rings. The minimum absolute atomic E-state index is 0.221. The largest absolute Gasteiger partial charge is 0.481 e. The Kier molecular flexibility index (Phi) is 5.51. The summed E-state index contributed by atoms with van der Waals surface area (Å²) in [6, 6.07) is 3.79. The second-order valence-corrected chi connectivity index (χ2v) is 5.14. The fourth-order valence-corrected chi connectivity index (χ4v) is 2.43. The van der Waals surface area contributed by atoms with E-state index >= 15 is 0 Å². The molecule has 7 heteroatoms. The predicted molar refractivity (Wildman–Crippen MR) is 80.6 cm³/mol. The molecule has 0 aliphatic heterocycles. The Bertz CT molecular complexity index is 601. The third-order valence-electron chi connectivity index (χ3n) is 2.82. The molecule has 21 heavy (non-hydrogen) atoms. The molecule has 1 N–H and O–H groups in total. The van der Waals surface area contributed by atoms with Crippen molar-refractivity contribution in [1.29, 1.82) is 0 Å². The average molecular weight is 307 g/mol. The lowest BCUT2D eigenvalue weighted by molar-refractivity contribution is -0.140. The molecule has 2 aromatic rings. The maximum Gasteiger partial charge on any atom is 0.305 e. The van der Waals surface area contributed by atoms with E-state index in [9.17, 15) is 4.79 Å². The number of rotatable bonds is 7. The molecular formula is C14H17N3O3S. The predicted octanol–water partition coefficient (Wildman–Crippen LogP) is 2.26. The number of ether oxygens (including phenoxy) is 2. The van der Waals surface area contributed by atoms with Crippen molar-refractivity contribution in [3.8, 4) is 5.88 Å². The third kappa shape index (κ3) is 4.71. The number of esters is 1. The third-order valence-corrected chi connectivity index (χ3v) is 3.67. The summed E-state index contributed by atoms with van der Waals surface area (Å²) in [6.07, 6.45) is 2.65. The molecule has 0 aliphatic carbocycles. The lowest BCUT2D eigenvalue weighted by Gasteiger charge is -2.04. The number of nitrogens with one attached hydrogen (secondary N) is 1. The highest BCUT2D eigenvalue weighted by Gasteiger charge is 2.06. The van der Waals surface area contributed by atoms with Crippen LogP contribution < -0.4 is 10.1 Å². The zero-order valence-corrected chi connectivity index (χ0v) is 12.8. The Morgan fingerprint density at radius 2 is 2.29 bits per heavy atom. The fourth-order valence-electron chi connectivity index (χ4n) is 1.68. The zero-order chi connectivity index (χ0) is 15.1. The summed E-state index contributed by atoms with van der Waals surface area (Å²) in [5.74, 6) is 0.369. The minimum Gasteiger partial charge on any atom is -0.481 e. The van der Waals surface area contributed by atoms with Crippen molar-refractivity contribution in [3.63, 3.8) is 0 Å². The van der Waals surface area contributed by atoms with Crippen molar-refractivity contribution in [2.75, 3.05) is 19.5 Å². The van der Waals surface area contributed by atoms with Crippen LogP contribution in [0.3, 0.4) is 0 Å². The number of pyridine rings is 1. The number of carbonyl (C=O) groups is 1. The van der Waals surface area contributed by atoms with Crippen molar-refractivity contribution in [3.05, 3.63) is 35.0 Å². The minimum atomic E-state index is -0.221. The molecule has 0 saturated carbocycles. The molecule has 0 spiro atoms. The lowest BCUT2D eigenvalue weighted by Crippen LogP contribution is -2.03. The van der Waals surface area contributed by atoms with Crippen molar-refractivity contribution >= 4 is 22.4 Å². The van der Waals surface area contributed by atoms with E-state index in [4.69, 9.17) is 4.74 Å². The van der Waals surface area contributed by atoms with Crippen LogP contribution in [0.5, 0.6) is 5.88 Å². The number of thiazole rings is 1. The second-order valence-electron chi connectivity index (χ2n) is 4.28. The number of methoxy groups -OCH3 is 2. The standard InChI is InChI=1S/C14H17N3O3S/c1-19-12-7-10(5-6-15-12)8-16-14-17-11(9-21-14)3-4-13(18)20-2/h5-7,9H,3-4,8H2,1-2H3,(H,16,17). The summed E-state index contributed by atoms with van der Waals surface area (Å²) >= 11 is 1.52. The van der Waals surface area contributed by atoms with E-state index in [1.54, 1.807) is 13.3 Å². The van der Waals surface area contributed by atoms with Gasteiger partial charge < -0.3 is 14.8 Å². The van der Waals surface area contributed by atoms with Gasteiger partial charge in [0.15, 0.2) is 5.13 Å². The van der Waals surface area contributed by atoms with Crippen LogP contribution in [-0.4, -0.2) is 30.2 Å². The maximum absolute atomic E-state index is 11.1. The zero-order valence-electron chi connectivity index (χ0n) is 12.0. The molecule has 0 unspecified atom stereocenters. The van der Waals surface area contributed by atoms with Gasteiger partial charge in [-0.05, 0) is 11.6 Å². The maximum atomic E-state index is 11.1. The first-order valence-electron chi connectivity index (χ1n) is 6.45. The van der Waals surface area contributed by atoms with E-state index < -0.39 is 0 Å². The molecule has 0 fully saturated rings. The van der Waals surface area contributed by atoms with Gasteiger partial charge in [0.1, 0.15) is 0 Å². The first-order chi connectivity index (χ1) is 10.2. The van der Waals surface area contributed by atoms with E-state index in [1.165, 1.54) is 18.4 Å². The van der Waals surface area contributed by atoms with Gasteiger partial charge in [-0.15, -0.1) is 11.3 Å². The molecule has 112 valence electrons. The van der Waals surface area contributed by atoms with Crippen LogP contribution in [0.15, 0.2) is 23.7 Å². The molecule has 2 rings (SSSR count). The van der Waals surface area contributed by atoms with E-state index in [0.717, 1.165) is 16.4 Å². The Morgan fingerprint density at radius 3 is 3.05 bits per heavy atom. The number of aromatic nitrogens is 2. The van der Waals surface area contributed by atoms with E-state index in [1.807, 2.05) is 17.5 Å². The van der Waals surface area contributed by atoms with Crippen LogP contribution in [0, 0.1) is 0 Å². The lowest BCUT2D eigenvalue weighted by atomic mass is 10.2. The highest BCUT2D eigenvalue weighted by Crippen LogP contribution is 2.18. The monoisotopic (exact) mass is 307 g/mol. The van der Waals surface area contributed by atoms with Gasteiger partial charge in [0, 0.05) is 30.6 Å². The molecule has 6 nitrogen and oxygen atoms in total. The van der Waals surface area contributed by atoms with Gasteiger partial charge in [-0.2, -0.15) is 0 Å². The van der Waals surface area contributed by atoms with E-state index in [-0.39, 0.29) is 5.97 Å². The second kappa shape index (κ2) is 7.58.